The Bertz CT molecular complexity index is 580. The van der Waals surface area contributed by atoms with Crippen LogP contribution in [0.4, 0.5) is 0 Å². The molecule has 2 aromatic heterocycles. The summed E-state index contributed by atoms with van der Waals surface area (Å²) in [4.78, 5) is 25.7. The van der Waals surface area contributed by atoms with Crippen LogP contribution < -0.4 is 5.56 Å². The van der Waals surface area contributed by atoms with Gasteiger partial charge in [0.25, 0.3) is 5.56 Å². The summed E-state index contributed by atoms with van der Waals surface area (Å²) in [5.41, 5.74) is 1.52. The predicted molar refractivity (Wildman–Crippen MR) is 54.1 cm³/mol. The van der Waals surface area contributed by atoms with Crippen molar-refractivity contribution in [3.8, 4) is 0 Å². The number of aromatic nitrogens is 2. The Morgan fingerprint density at radius 3 is 2.87 bits per heavy atom. The molecule has 0 aliphatic heterocycles. The van der Waals surface area contributed by atoms with Gasteiger partial charge in [-0.25, -0.2) is 4.79 Å². The molecule has 0 spiro atoms. The van der Waals surface area contributed by atoms with E-state index >= 15 is 0 Å². The van der Waals surface area contributed by atoms with Crippen LogP contribution in [0.25, 0.3) is 5.65 Å². The van der Waals surface area contributed by atoms with Crippen LogP contribution in [0, 0.1) is 6.92 Å². The van der Waals surface area contributed by atoms with Gasteiger partial charge in [0.05, 0.1) is 12.7 Å². The molecule has 0 aliphatic carbocycles. The number of aryl methyl sites for hydroxylation is 1. The van der Waals surface area contributed by atoms with Crippen LogP contribution in [0.3, 0.4) is 0 Å². The number of fused-ring (bicyclic) bond motifs is 1. The number of hydrogen-bond acceptors (Lipinski definition) is 3. The lowest BCUT2D eigenvalue weighted by Gasteiger charge is -1.94. The molecule has 1 N–H and O–H groups in total. The van der Waals surface area contributed by atoms with Crippen LogP contribution in [0.5, 0.6) is 0 Å². The number of esters is 1. The highest BCUT2D eigenvalue weighted by atomic mass is 16.5. The fourth-order valence-electron chi connectivity index (χ4n) is 1.46. The van der Waals surface area contributed by atoms with Gasteiger partial charge in [-0.2, -0.15) is 0 Å². The van der Waals surface area contributed by atoms with Gasteiger partial charge < -0.3 is 9.72 Å². The topological polar surface area (TPSA) is 63.6 Å². The molecular weight excluding hydrogens is 196 g/mol. The summed E-state index contributed by atoms with van der Waals surface area (Å²) < 4.78 is 5.94. The van der Waals surface area contributed by atoms with Crippen molar-refractivity contribution in [3.63, 3.8) is 0 Å². The zero-order chi connectivity index (χ0) is 11.0. The number of hydrogen-bond donors (Lipinski definition) is 1. The van der Waals surface area contributed by atoms with E-state index in [9.17, 15) is 9.59 Å². The highest BCUT2D eigenvalue weighted by molar-refractivity contribution is 5.90. The second kappa shape index (κ2) is 3.27. The summed E-state index contributed by atoms with van der Waals surface area (Å²) in [6.07, 6.45) is 1.46. The molecule has 0 atom stereocenters. The van der Waals surface area contributed by atoms with Crippen LogP contribution in [-0.2, 0) is 4.74 Å². The Morgan fingerprint density at radius 1 is 1.47 bits per heavy atom. The van der Waals surface area contributed by atoms with Crippen LogP contribution in [0.15, 0.2) is 23.1 Å². The van der Waals surface area contributed by atoms with Crippen molar-refractivity contribution in [3.05, 3.63) is 39.9 Å². The molecule has 5 nitrogen and oxygen atoms in total. The molecule has 2 heterocycles. The predicted octanol–water partition coefficient (Wildman–Crippen LogP) is 0.723. The van der Waals surface area contributed by atoms with Crippen LogP contribution >= 0.6 is 0 Å². The molecule has 0 saturated carbocycles. The highest BCUT2D eigenvalue weighted by Crippen LogP contribution is 2.07. The van der Waals surface area contributed by atoms with Gasteiger partial charge in [-0.1, -0.05) is 0 Å². The second-order valence-corrected chi connectivity index (χ2v) is 3.27. The van der Waals surface area contributed by atoms with Crippen molar-refractivity contribution in [1.29, 1.82) is 0 Å². The van der Waals surface area contributed by atoms with Gasteiger partial charge >= 0.3 is 5.97 Å². The molecule has 0 fully saturated rings. The van der Waals surface area contributed by atoms with Gasteiger partial charge in [0.2, 0.25) is 0 Å². The quantitative estimate of drug-likeness (QED) is 0.699. The van der Waals surface area contributed by atoms with Crippen molar-refractivity contribution in [2.24, 2.45) is 0 Å². The van der Waals surface area contributed by atoms with Gasteiger partial charge in [-0.3, -0.25) is 9.20 Å². The zero-order valence-corrected chi connectivity index (χ0v) is 8.40. The fraction of sp³-hybridized carbons (Fsp3) is 0.200. The van der Waals surface area contributed by atoms with Crippen molar-refractivity contribution in [1.82, 2.24) is 9.38 Å². The normalized spacial score (nSPS) is 10.5. The highest BCUT2D eigenvalue weighted by Gasteiger charge is 2.10. The Hall–Kier alpha value is -2.04. The number of carbonyl (C=O) groups is 1. The summed E-state index contributed by atoms with van der Waals surface area (Å²) in [5, 5.41) is 0. The molecule has 0 amide bonds. The Labute approximate surface area is 85.3 Å². The minimum absolute atomic E-state index is 0.170. The standard InChI is InChI=1S/C10H10N2O3/c1-6-3-9(13)12-5-7(10(14)15-2)4-8(12)11-6/h3-5,11H,1-2H3. The third kappa shape index (κ3) is 1.52. The van der Waals surface area contributed by atoms with Crippen LogP contribution in [0.1, 0.15) is 16.1 Å². The maximum Gasteiger partial charge on any atom is 0.339 e. The smallest absolute Gasteiger partial charge is 0.339 e. The largest absolute Gasteiger partial charge is 0.465 e. The molecule has 2 rings (SSSR count). The minimum atomic E-state index is -0.454. The van der Waals surface area contributed by atoms with E-state index in [1.54, 1.807) is 13.0 Å². The minimum Gasteiger partial charge on any atom is -0.465 e. The number of aromatic amines is 1. The number of rotatable bonds is 1. The SMILES string of the molecule is COC(=O)c1cc2[nH]c(C)cc(=O)n2c1. The van der Waals surface area contributed by atoms with E-state index in [-0.39, 0.29) is 5.56 Å². The molecule has 0 aromatic carbocycles. The van der Waals surface area contributed by atoms with E-state index in [0.29, 0.717) is 11.2 Å². The Kier molecular flexibility index (Phi) is 2.07. The third-order valence-corrected chi connectivity index (χ3v) is 2.14. The summed E-state index contributed by atoms with van der Waals surface area (Å²) >= 11 is 0. The maximum absolute atomic E-state index is 11.5. The third-order valence-electron chi connectivity index (χ3n) is 2.14. The monoisotopic (exact) mass is 206 g/mol. The molecule has 0 aliphatic rings. The van der Waals surface area contributed by atoms with Gasteiger partial charge in [0.1, 0.15) is 5.65 Å². The lowest BCUT2D eigenvalue weighted by molar-refractivity contribution is 0.0601. The summed E-state index contributed by atoms with van der Waals surface area (Å²) in [5.74, 6) is -0.454. The van der Waals surface area contributed by atoms with E-state index in [1.165, 1.54) is 23.8 Å². The average Bonchev–Trinajstić information content (AvgIpc) is 2.60. The molecule has 0 bridgehead atoms. The molecule has 0 radical (unpaired) electrons. The lowest BCUT2D eigenvalue weighted by atomic mass is 10.3. The van der Waals surface area contributed by atoms with Gasteiger partial charge in [-0.05, 0) is 13.0 Å². The first-order valence-corrected chi connectivity index (χ1v) is 4.42. The molecule has 15 heavy (non-hydrogen) atoms. The summed E-state index contributed by atoms with van der Waals surface area (Å²) in [7, 11) is 1.30. The number of ether oxygens (including phenoxy) is 1. The molecule has 5 heteroatoms. The fourth-order valence-corrected chi connectivity index (χ4v) is 1.46. The van der Waals surface area contributed by atoms with Crippen molar-refractivity contribution in [2.45, 2.75) is 6.92 Å². The van der Waals surface area contributed by atoms with Gasteiger partial charge in [0.15, 0.2) is 0 Å². The van der Waals surface area contributed by atoms with Crippen molar-refractivity contribution < 1.29 is 9.53 Å². The molecule has 78 valence electrons. The summed E-state index contributed by atoms with van der Waals surface area (Å²) in [6.45, 7) is 1.78. The van der Waals surface area contributed by atoms with Gasteiger partial charge in [0, 0.05) is 18.0 Å². The number of nitrogens with one attached hydrogen (secondary N) is 1. The van der Waals surface area contributed by atoms with Crippen LogP contribution in [-0.4, -0.2) is 22.5 Å². The van der Waals surface area contributed by atoms with Crippen molar-refractivity contribution >= 4 is 11.6 Å². The van der Waals surface area contributed by atoms with Crippen molar-refractivity contribution in [2.75, 3.05) is 7.11 Å². The summed E-state index contributed by atoms with van der Waals surface area (Å²) in [6, 6.07) is 3.05. The second-order valence-electron chi connectivity index (χ2n) is 3.27. The van der Waals surface area contributed by atoms with E-state index in [2.05, 4.69) is 9.72 Å². The molecule has 0 saturated heterocycles. The first kappa shape index (κ1) is 9.51. The first-order chi connectivity index (χ1) is 7.11. The van der Waals surface area contributed by atoms with E-state index in [1.807, 2.05) is 0 Å². The zero-order valence-electron chi connectivity index (χ0n) is 8.40. The van der Waals surface area contributed by atoms with E-state index in [4.69, 9.17) is 0 Å². The maximum atomic E-state index is 11.5. The molecule has 0 unspecified atom stereocenters. The van der Waals surface area contributed by atoms with Crippen LogP contribution in [0.2, 0.25) is 0 Å². The van der Waals surface area contributed by atoms with E-state index < -0.39 is 5.97 Å². The first-order valence-electron chi connectivity index (χ1n) is 4.42. The molecule has 2 aromatic rings. The number of methoxy groups -OCH3 is 1. The lowest BCUT2D eigenvalue weighted by Crippen LogP contribution is -2.11. The molecular formula is C10H10N2O3. The Morgan fingerprint density at radius 2 is 2.20 bits per heavy atom. The number of nitrogens with zero attached hydrogens (tertiary/aromatic N) is 1. The number of H-pyrrole nitrogens is 1. The Balaban J connectivity index is 2.71. The number of carbonyl (C=O) groups excluding carboxylic acids is 1. The average molecular weight is 206 g/mol. The van der Waals surface area contributed by atoms with Gasteiger partial charge in [-0.15, -0.1) is 0 Å². The van der Waals surface area contributed by atoms with E-state index in [0.717, 1.165) is 5.69 Å².